The van der Waals surface area contributed by atoms with Gasteiger partial charge < -0.3 is 9.47 Å². The van der Waals surface area contributed by atoms with Crippen LogP contribution in [0.25, 0.3) is 0 Å². The third-order valence-electron chi connectivity index (χ3n) is 1.58. The molecule has 0 N–H and O–H groups in total. The van der Waals surface area contributed by atoms with Crippen molar-refractivity contribution in [1.82, 2.24) is 0 Å². The summed E-state index contributed by atoms with van der Waals surface area (Å²) in [5.74, 6) is -8.65. The fourth-order valence-electron chi connectivity index (χ4n) is 0.789. The highest BCUT2D eigenvalue weighted by Crippen LogP contribution is 2.39. The molecule has 3 nitrogen and oxygen atoms in total. The van der Waals surface area contributed by atoms with Crippen LogP contribution in [0.4, 0.5) is 22.4 Å². The third kappa shape index (κ3) is 1.68. The van der Waals surface area contributed by atoms with Crippen molar-refractivity contribution in [2.75, 3.05) is 6.61 Å². The SMILES string of the molecule is CC(F)(F)C(F)(F)C1COC(=O)O1. The Morgan fingerprint density at radius 2 is 1.92 bits per heavy atom. The highest BCUT2D eigenvalue weighted by molar-refractivity contribution is 5.62. The van der Waals surface area contributed by atoms with Crippen LogP contribution >= 0.6 is 0 Å². The molecule has 1 fully saturated rings. The Morgan fingerprint density at radius 3 is 2.23 bits per heavy atom. The van der Waals surface area contributed by atoms with Gasteiger partial charge in [-0.2, -0.15) is 8.78 Å². The van der Waals surface area contributed by atoms with Gasteiger partial charge in [-0.25, -0.2) is 13.6 Å². The first-order valence-electron chi connectivity index (χ1n) is 3.34. The van der Waals surface area contributed by atoms with Gasteiger partial charge in [-0.3, -0.25) is 0 Å². The van der Waals surface area contributed by atoms with Crippen molar-refractivity contribution in [2.45, 2.75) is 24.9 Å². The molecule has 0 bridgehead atoms. The quantitative estimate of drug-likeness (QED) is 0.506. The van der Waals surface area contributed by atoms with Crippen molar-refractivity contribution < 1.29 is 31.8 Å². The Morgan fingerprint density at radius 1 is 1.38 bits per heavy atom. The van der Waals surface area contributed by atoms with Crippen molar-refractivity contribution in [1.29, 1.82) is 0 Å². The summed E-state index contributed by atoms with van der Waals surface area (Å²) in [7, 11) is 0. The predicted octanol–water partition coefficient (Wildman–Crippen LogP) is 1.81. The number of hydrogen-bond acceptors (Lipinski definition) is 3. The van der Waals surface area contributed by atoms with Gasteiger partial charge in [-0.15, -0.1) is 0 Å². The minimum Gasteiger partial charge on any atom is -0.430 e. The van der Waals surface area contributed by atoms with Crippen LogP contribution in [0.1, 0.15) is 6.92 Å². The van der Waals surface area contributed by atoms with E-state index in [1.165, 1.54) is 0 Å². The molecule has 13 heavy (non-hydrogen) atoms. The molecule has 0 amide bonds. The van der Waals surface area contributed by atoms with E-state index in [0.717, 1.165) is 0 Å². The topological polar surface area (TPSA) is 35.5 Å². The Labute approximate surface area is 70.6 Å². The molecular formula is C6H6F4O3. The van der Waals surface area contributed by atoms with E-state index in [1.54, 1.807) is 0 Å². The van der Waals surface area contributed by atoms with Gasteiger partial charge in [0.1, 0.15) is 6.61 Å². The Kier molecular flexibility index (Phi) is 2.13. The second-order valence-electron chi connectivity index (χ2n) is 2.68. The van der Waals surface area contributed by atoms with Gasteiger partial charge >= 0.3 is 18.0 Å². The van der Waals surface area contributed by atoms with Crippen LogP contribution in [-0.4, -0.2) is 30.7 Å². The highest BCUT2D eigenvalue weighted by atomic mass is 19.3. The van der Waals surface area contributed by atoms with E-state index in [9.17, 15) is 22.4 Å². The molecule has 7 heteroatoms. The van der Waals surface area contributed by atoms with Crippen LogP contribution in [0, 0.1) is 0 Å². The standard InChI is InChI=1S/C6H6F4O3/c1-5(7,8)6(9,10)3-2-12-4(11)13-3/h3H,2H2,1H3. The van der Waals surface area contributed by atoms with Crippen molar-refractivity contribution in [3.63, 3.8) is 0 Å². The maximum absolute atomic E-state index is 12.7. The number of ether oxygens (including phenoxy) is 2. The smallest absolute Gasteiger partial charge is 0.430 e. The zero-order valence-electron chi connectivity index (χ0n) is 6.52. The van der Waals surface area contributed by atoms with E-state index < -0.39 is 30.7 Å². The van der Waals surface area contributed by atoms with Crippen LogP contribution in [0.3, 0.4) is 0 Å². The van der Waals surface area contributed by atoms with Crippen LogP contribution in [0.15, 0.2) is 0 Å². The maximum Gasteiger partial charge on any atom is 0.509 e. The lowest BCUT2D eigenvalue weighted by Gasteiger charge is -2.25. The lowest BCUT2D eigenvalue weighted by atomic mass is 10.1. The molecule has 0 saturated carbocycles. The van der Waals surface area contributed by atoms with E-state index in [1.807, 2.05) is 0 Å². The van der Waals surface area contributed by atoms with Gasteiger partial charge in [-0.05, 0) is 0 Å². The van der Waals surface area contributed by atoms with E-state index in [-0.39, 0.29) is 6.92 Å². The molecule has 1 aliphatic rings. The van der Waals surface area contributed by atoms with Crippen LogP contribution in [-0.2, 0) is 9.47 Å². The molecule has 0 aromatic heterocycles. The highest BCUT2D eigenvalue weighted by Gasteiger charge is 2.61. The van der Waals surface area contributed by atoms with Crippen molar-refractivity contribution in [3.8, 4) is 0 Å². The zero-order chi connectivity index (χ0) is 10.3. The zero-order valence-corrected chi connectivity index (χ0v) is 6.52. The fourth-order valence-corrected chi connectivity index (χ4v) is 0.789. The Bertz CT molecular complexity index is 222. The molecule has 1 heterocycles. The summed E-state index contributed by atoms with van der Waals surface area (Å²) in [5.41, 5.74) is 0. The molecule has 0 radical (unpaired) electrons. The summed E-state index contributed by atoms with van der Waals surface area (Å²) in [4.78, 5) is 10.2. The number of hydrogen-bond donors (Lipinski definition) is 0. The summed E-state index contributed by atoms with van der Waals surface area (Å²) in [5, 5.41) is 0. The number of carbonyl (C=O) groups excluding carboxylic acids is 1. The molecular weight excluding hydrogens is 196 g/mol. The molecule has 76 valence electrons. The maximum atomic E-state index is 12.7. The summed E-state index contributed by atoms with van der Waals surface area (Å²) in [6.45, 7) is -0.797. The molecule has 0 aromatic carbocycles. The van der Waals surface area contributed by atoms with Crippen LogP contribution < -0.4 is 0 Å². The van der Waals surface area contributed by atoms with Crippen molar-refractivity contribution in [3.05, 3.63) is 0 Å². The lowest BCUT2D eigenvalue weighted by molar-refractivity contribution is -0.237. The monoisotopic (exact) mass is 202 g/mol. The summed E-state index contributed by atoms with van der Waals surface area (Å²) >= 11 is 0. The normalized spacial score (nSPS) is 24.1. The average Bonchev–Trinajstić information content (AvgIpc) is 2.33. The van der Waals surface area contributed by atoms with Gasteiger partial charge in [0, 0.05) is 6.92 Å². The number of cyclic esters (lactones) is 2. The average molecular weight is 202 g/mol. The summed E-state index contributed by atoms with van der Waals surface area (Å²) in [6.07, 6.45) is -3.56. The summed E-state index contributed by atoms with van der Waals surface area (Å²) in [6, 6.07) is 0. The van der Waals surface area contributed by atoms with E-state index in [0.29, 0.717) is 0 Å². The first kappa shape index (κ1) is 10.1. The Hall–Kier alpha value is -1.01. The summed E-state index contributed by atoms with van der Waals surface area (Å²) < 4.78 is 57.8. The number of carbonyl (C=O) groups is 1. The van der Waals surface area contributed by atoms with E-state index in [4.69, 9.17) is 0 Å². The predicted molar refractivity (Wildman–Crippen MR) is 31.8 cm³/mol. The molecule has 1 aliphatic heterocycles. The largest absolute Gasteiger partial charge is 0.509 e. The van der Waals surface area contributed by atoms with Gasteiger partial charge in [0.05, 0.1) is 0 Å². The second kappa shape index (κ2) is 2.74. The van der Waals surface area contributed by atoms with Gasteiger partial charge in [0.2, 0.25) is 6.10 Å². The van der Waals surface area contributed by atoms with Gasteiger partial charge in [-0.1, -0.05) is 0 Å². The molecule has 1 unspecified atom stereocenters. The van der Waals surface area contributed by atoms with Crippen LogP contribution in [0.5, 0.6) is 0 Å². The number of rotatable bonds is 2. The molecule has 1 saturated heterocycles. The Balaban J connectivity index is 2.76. The van der Waals surface area contributed by atoms with Crippen LogP contribution in [0.2, 0.25) is 0 Å². The minimum atomic E-state index is -4.40. The number of halogens is 4. The third-order valence-corrected chi connectivity index (χ3v) is 1.58. The minimum absolute atomic E-state index is 0.0547. The second-order valence-corrected chi connectivity index (χ2v) is 2.68. The molecule has 0 aromatic rings. The number of alkyl halides is 4. The van der Waals surface area contributed by atoms with E-state index in [2.05, 4.69) is 9.47 Å². The molecule has 0 aliphatic carbocycles. The van der Waals surface area contributed by atoms with E-state index >= 15 is 0 Å². The van der Waals surface area contributed by atoms with Gasteiger partial charge in [0.25, 0.3) is 0 Å². The molecule has 0 spiro atoms. The lowest BCUT2D eigenvalue weighted by Crippen LogP contribution is -2.49. The van der Waals surface area contributed by atoms with Gasteiger partial charge in [0.15, 0.2) is 0 Å². The molecule has 1 atom stereocenters. The van der Waals surface area contributed by atoms with Crippen molar-refractivity contribution >= 4 is 6.16 Å². The van der Waals surface area contributed by atoms with Crippen molar-refractivity contribution in [2.24, 2.45) is 0 Å². The fraction of sp³-hybridized carbons (Fsp3) is 0.833. The first-order chi connectivity index (χ1) is 5.75. The molecule has 1 rings (SSSR count). The first-order valence-corrected chi connectivity index (χ1v) is 3.34.